The van der Waals surface area contributed by atoms with Crippen molar-refractivity contribution in [1.29, 1.82) is 0 Å². The second-order valence-electron chi connectivity index (χ2n) is 8.54. The quantitative estimate of drug-likeness (QED) is 0.537. The first kappa shape index (κ1) is 22.8. The number of carbonyl (C=O) groups is 2. The molecule has 0 heterocycles. The standard InChI is InChI=1S/C27H29FN2O3/c1-19(27(32)29-22-12-4-5-13-22)30(17-21-10-3-7-15-24(21)28)26(31)18-33-25-16-8-11-20-9-2-6-14-23(20)25/h2-3,6-11,14-16,19,22H,4-5,12-13,17-18H2,1H3,(H,29,32). The lowest BCUT2D eigenvalue weighted by molar-refractivity contribution is -0.142. The van der Waals surface area contributed by atoms with Crippen LogP contribution in [-0.2, 0) is 16.1 Å². The van der Waals surface area contributed by atoms with Gasteiger partial charge < -0.3 is 15.0 Å². The van der Waals surface area contributed by atoms with E-state index in [4.69, 9.17) is 4.74 Å². The molecule has 1 atom stereocenters. The Bertz CT molecular complexity index is 1120. The fraction of sp³-hybridized carbons (Fsp3) is 0.333. The van der Waals surface area contributed by atoms with Crippen LogP contribution < -0.4 is 10.1 Å². The summed E-state index contributed by atoms with van der Waals surface area (Å²) in [6, 6.07) is 19.1. The maximum atomic E-state index is 14.4. The fourth-order valence-corrected chi connectivity index (χ4v) is 4.33. The monoisotopic (exact) mass is 448 g/mol. The van der Waals surface area contributed by atoms with Gasteiger partial charge in [0.1, 0.15) is 17.6 Å². The highest BCUT2D eigenvalue weighted by atomic mass is 19.1. The van der Waals surface area contributed by atoms with Crippen LogP contribution in [0.5, 0.6) is 5.75 Å². The van der Waals surface area contributed by atoms with Crippen molar-refractivity contribution >= 4 is 22.6 Å². The lowest BCUT2D eigenvalue weighted by Gasteiger charge is -2.29. The smallest absolute Gasteiger partial charge is 0.261 e. The molecule has 1 saturated carbocycles. The van der Waals surface area contributed by atoms with Gasteiger partial charge in [0.05, 0.1) is 0 Å². The summed E-state index contributed by atoms with van der Waals surface area (Å²) in [6.45, 7) is 1.42. The second kappa shape index (κ2) is 10.5. The van der Waals surface area contributed by atoms with Crippen LogP contribution in [0.15, 0.2) is 66.7 Å². The van der Waals surface area contributed by atoms with Gasteiger partial charge in [0, 0.05) is 23.5 Å². The summed E-state index contributed by atoms with van der Waals surface area (Å²) in [7, 11) is 0. The highest BCUT2D eigenvalue weighted by Crippen LogP contribution is 2.25. The third-order valence-corrected chi connectivity index (χ3v) is 6.27. The summed E-state index contributed by atoms with van der Waals surface area (Å²) < 4.78 is 20.2. The fourth-order valence-electron chi connectivity index (χ4n) is 4.33. The van der Waals surface area contributed by atoms with Crippen LogP contribution >= 0.6 is 0 Å². The van der Waals surface area contributed by atoms with Gasteiger partial charge in [0.2, 0.25) is 5.91 Å². The molecule has 0 aliphatic heterocycles. The minimum absolute atomic E-state index is 0.0103. The molecular formula is C27H29FN2O3. The largest absolute Gasteiger partial charge is 0.483 e. The molecule has 33 heavy (non-hydrogen) atoms. The Kier molecular flexibility index (Phi) is 7.23. The predicted octanol–water partition coefficient (Wildman–Crippen LogP) is 4.83. The summed E-state index contributed by atoms with van der Waals surface area (Å²) in [5.74, 6) is -0.416. The molecule has 1 unspecified atom stereocenters. The molecule has 0 aromatic heterocycles. The Morgan fingerprint density at radius 3 is 2.52 bits per heavy atom. The lowest BCUT2D eigenvalue weighted by atomic mass is 10.1. The van der Waals surface area contributed by atoms with Gasteiger partial charge in [-0.15, -0.1) is 0 Å². The van der Waals surface area contributed by atoms with Crippen molar-refractivity contribution in [3.63, 3.8) is 0 Å². The highest BCUT2D eigenvalue weighted by molar-refractivity contribution is 5.90. The Balaban J connectivity index is 1.51. The van der Waals surface area contributed by atoms with E-state index in [-0.39, 0.29) is 31.0 Å². The molecule has 4 rings (SSSR count). The average molecular weight is 449 g/mol. The number of hydrogen-bond acceptors (Lipinski definition) is 3. The lowest BCUT2D eigenvalue weighted by Crippen LogP contribution is -2.50. The van der Waals surface area contributed by atoms with E-state index in [1.165, 1.54) is 11.0 Å². The van der Waals surface area contributed by atoms with E-state index in [1.807, 2.05) is 42.5 Å². The highest BCUT2D eigenvalue weighted by Gasteiger charge is 2.29. The van der Waals surface area contributed by atoms with E-state index in [0.717, 1.165) is 36.5 Å². The van der Waals surface area contributed by atoms with Gasteiger partial charge in [0.15, 0.2) is 6.61 Å². The zero-order valence-electron chi connectivity index (χ0n) is 18.8. The number of benzene rings is 3. The Morgan fingerprint density at radius 2 is 1.73 bits per heavy atom. The molecule has 172 valence electrons. The van der Waals surface area contributed by atoms with E-state index < -0.39 is 11.9 Å². The van der Waals surface area contributed by atoms with E-state index in [2.05, 4.69) is 5.32 Å². The van der Waals surface area contributed by atoms with Gasteiger partial charge >= 0.3 is 0 Å². The van der Waals surface area contributed by atoms with Gasteiger partial charge in [-0.1, -0.05) is 67.4 Å². The number of hydrogen-bond donors (Lipinski definition) is 1. The van der Waals surface area contributed by atoms with Crippen molar-refractivity contribution in [3.05, 3.63) is 78.1 Å². The summed E-state index contributed by atoms with van der Waals surface area (Å²) in [5.41, 5.74) is 0.358. The molecule has 0 spiro atoms. The number of nitrogens with one attached hydrogen (secondary N) is 1. The third kappa shape index (κ3) is 5.51. The molecule has 6 heteroatoms. The van der Waals surface area contributed by atoms with E-state index in [0.29, 0.717) is 11.3 Å². The molecule has 0 radical (unpaired) electrons. The maximum absolute atomic E-state index is 14.4. The van der Waals surface area contributed by atoms with E-state index >= 15 is 0 Å². The minimum atomic E-state index is -0.756. The van der Waals surface area contributed by atoms with Crippen LogP contribution in [0.2, 0.25) is 0 Å². The molecule has 1 aliphatic carbocycles. The number of ether oxygens (including phenoxy) is 1. The molecule has 1 fully saturated rings. The molecular weight excluding hydrogens is 419 g/mol. The van der Waals surface area contributed by atoms with Crippen LogP contribution in [0, 0.1) is 5.82 Å². The Labute approximate surface area is 193 Å². The van der Waals surface area contributed by atoms with Crippen LogP contribution in [-0.4, -0.2) is 35.4 Å². The van der Waals surface area contributed by atoms with Gasteiger partial charge in [-0.3, -0.25) is 9.59 Å². The van der Waals surface area contributed by atoms with Crippen molar-refractivity contribution in [2.75, 3.05) is 6.61 Å². The summed E-state index contributed by atoms with van der Waals surface area (Å²) >= 11 is 0. The molecule has 1 N–H and O–H groups in total. The number of halogens is 1. The van der Waals surface area contributed by atoms with Crippen LogP contribution in [0.4, 0.5) is 4.39 Å². The van der Waals surface area contributed by atoms with Crippen molar-refractivity contribution in [3.8, 4) is 5.75 Å². The molecule has 3 aromatic rings. The Hall–Kier alpha value is -3.41. The molecule has 3 aromatic carbocycles. The number of nitrogens with zero attached hydrogens (tertiary/aromatic N) is 1. The van der Waals surface area contributed by atoms with Crippen molar-refractivity contribution < 1.29 is 18.7 Å². The number of amides is 2. The predicted molar refractivity (Wildman–Crippen MR) is 126 cm³/mol. The van der Waals surface area contributed by atoms with Crippen molar-refractivity contribution in [1.82, 2.24) is 10.2 Å². The minimum Gasteiger partial charge on any atom is -0.483 e. The van der Waals surface area contributed by atoms with Crippen molar-refractivity contribution in [2.45, 2.75) is 51.2 Å². The molecule has 2 amide bonds. The van der Waals surface area contributed by atoms with Crippen LogP contribution in [0.25, 0.3) is 10.8 Å². The van der Waals surface area contributed by atoms with Gasteiger partial charge in [-0.05, 0) is 37.3 Å². The first-order chi connectivity index (χ1) is 16.0. The van der Waals surface area contributed by atoms with Crippen LogP contribution in [0.1, 0.15) is 38.2 Å². The normalized spacial score (nSPS) is 14.7. The average Bonchev–Trinajstić information content (AvgIpc) is 3.34. The molecule has 0 saturated heterocycles. The van der Waals surface area contributed by atoms with Gasteiger partial charge in [-0.25, -0.2) is 4.39 Å². The van der Waals surface area contributed by atoms with E-state index in [9.17, 15) is 14.0 Å². The molecule has 0 bridgehead atoms. The topological polar surface area (TPSA) is 58.6 Å². The zero-order valence-corrected chi connectivity index (χ0v) is 18.8. The zero-order chi connectivity index (χ0) is 23.2. The number of carbonyl (C=O) groups excluding carboxylic acids is 2. The van der Waals surface area contributed by atoms with E-state index in [1.54, 1.807) is 25.1 Å². The van der Waals surface area contributed by atoms with Crippen molar-refractivity contribution in [2.24, 2.45) is 0 Å². The third-order valence-electron chi connectivity index (χ3n) is 6.27. The first-order valence-corrected chi connectivity index (χ1v) is 11.5. The van der Waals surface area contributed by atoms with Gasteiger partial charge in [-0.2, -0.15) is 0 Å². The van der Waals surface area contributed by atoms with Gasteiger partial charge in [0.25, 0.3) is 5.91 Å². The van der Waals surface area contributed by atoms with Crippen LogP contribution in [0.3, 0.4) is 0 Å². The SMILES string of the molecule is CC(C(=O)NC1CCCC1)N(Cc1ccccc1F)C(=O)COc1cccc2ccccc12. The first-order valence-electron chi connectivity index (χ1n) is 11.5. The number of fused-ring (bicyclic) bond motifs is 1. The summed E-state index contributed by atoms with van der Waals surface area (Å²) in [5, 5.41) is 4.96. The second-order valence-corrected chi connectivity index (χ2v) is 8.54. The molecule has 1 aliphatic rings. The molecule has 5 nitrogen and oxygen atoms in total. The summed E-state index contributed by atoms with van der Waals surface area (Å²) in [4.78, 5) is 27.6. The number of rotatable bonds is 8. The maximum Gasteiger partial charge on any atom is 0.261 e. The Morgan fingerprint density at radius 1 is 1.03 bits per heavy atom. The summed E-state index contributed by atoms with van der Waals surface area (Å²) in [6.07, 6.45) is 4.08.